The van der Waals surface area contributed by atoms with Gasteiger partial charge in [0.15, 0.2) is 0 Å². The normalized spacial score (nSPS) is 21.0. The molecule has 3 rings (SSSR count). The monoisotopic (exact) mass is 383 g/mol. The van der Waals surface area contributed by atoms with E-state index in [1.54, 1.807) is 7.05 Å². The van der Waals surface area contributed by atoms with E-state index in [0.29, 0.717) is 17.7 Å². The van der Waals surface area contributed by atoms with Crippen LogP contribution in [0.5, 0.6) is 0 Å². The van der Waals surface area contributed by atoms with E-state index in [4.69, 9.17) is 0 Å². The molecule has 0 aromatic heterocycles. The van der Waals surface area contributed by atoms with E-state index in [2.05, 4.69) is 11.4 Å². The summed E-state index contributed by atoms with van der Waals surface area (Å²) in [4.78, 5) is 26.6. The summed E-state index contributed by atoms with van der Waals surface area (Å²) in [5, 5.41) is 11.0. The Kier molecular flexibility index (Phi) is 4.65. The Hall–Kier alpha value is -2.21. The number of carbonyl (C=O) groups excluding carboxylic acids is 2. The Bertz CT molecular complexity index is 799. The van der Waals surface area contributed by atoms with Crippen molar-refractivity contribution in [1.82, 2.24) is 4.90 Å². The van der Waals surface area contributed by atoms with Gasteiger partial charge in [0.25, 0.3) is 0 Å². The zero-order chi connectivity index (χ0) is 19.1. The highest BCUT2D eigenvalue weighted by Crippen LogP contribution is 2.41. The lowest BCUT2D eigenvalue weighted by Gasteiger charge is -2.43. The molecule has 1 aliphatic heterocycles. The highest BCUT2D eigenvalue weighted by atomic mass is 32.2. The number of nitriles is 1. The number of hydrogen-bond donors (Lipinski definition) is 1. The zero-order valence-electron chi connectivity index (χ0n) is 13.9. The van der Waals surface area contributed by atoms with Crippen LogP contribution in [0.15, 0.2) is 23.1 Å². The summed E-state index contributed by atoms with van der Waals surface area (Å²) in [6.45, 7) is 0. The quantitative estimate of drug-likeness (QED) is 0.868. The molecule has 2 aliphatic rings. The SMILES string of the molecule is CN(C(=O)C[C@H]1Sc2ccc(C(F)(F)F)cc2NC1=O)C1(C#N)CCC1. The minimum absolute atomic E-state index is 0.0966. The van der Waals surface area contributed by atoms with Crippen molar-refractivity contribution in [2.24, 2.45) is 0 Å². The lowest BCUT2D eigenvalue weighted by molar-refractivity contribution is -0.138. The molecule has 5 nitrogen and oxygen atoms in total. The molecule has 9 heteroatoms. The standard InChI is InChI=1S/C17H16F3N3O2S/c1-23(16(9-21)5-2-6-16)14(24)8-13-15(25)22-11-7-10(17(18,19)20)3-4-12(11)26-13/h3-4,7,13H,2,5-6,8H2,1H3,(H,22,25)/t13-/m1/s1. The van der Waals surface area contributed by atoms with Gasteiger partial charge in [0, 0.05) is 18.4 Å². The molecule has 1 aromatic carbocycles. The number of thioether (sulfide) groups is 1. The maximum absolute atomic E-state index is 12.8. The molecule has 1 aliphatic carbocycles. The molecule has 1 saturated carbocycles. The van der Waals surface area contributed by atoms with E-state index in [1.165, 1.54) is 11.0 Å². The van der Waals surface area contributed by atoms with Gasteiger partial charge in [-0.15, -0.1) is 11.8 Å². The van der Waals surface area contributed by atoms with Gasteiger partial charge >= 0.3 is 6.18 Å². The van der Waals surface area contributed by atoms with Gasteiger partial charge in [0.05, 0.1) is 22.6 Å². The van der Waals surface area contributed by atoms with Gasteiger partial charge in [0.2, 0.25) is 11.8 Å². The van der Waals surface area contributed by atoms with Gasteiger partial charge in [-0.1, -0.05) is 0 Å². The van der Waals surface area contributed by atoms with E-state index < -0.39 is 28.4 Å². The van der Waals surface area contributed by atoms with Gasteiger partial charge in [-0.05, 0) is 37.5 Å². The van der Waals surface area contributed by atoms with Crippen LogP contribution in [0.4, 0.5) is 18.9 Å². The highest BCUT2D eigenvalue weighted by molar-refractivity contribution is 8.01. The lowest BCUT2D eigenvalue weighted by atomic mass is 9.76. The second-order valence-corrected chi connectivity index (χ2v) is 7.70. The molecule has 1 fully saturated rings. The summed E-state index contributed by atoms with van der Waals surface area (Å²) in [5.41, 5.74) is -1.54. The molecule has 0 radical (unpaired) electrons. The number of amides is 2. The van der Waals surface area contributed by atoms with Crippen molar-refractivity contribution in [3.63, 3.8) is 0 Å². The van der Waals surface area contributed by atoms with Crippen molar-refractivity contribution in [2.45, 2.75) is 47.5 Å². The smallest absolute Gasteiger partial charge is 0.327 e. The first kappa shape index (κ1) is 18.6. The first-order valence-electron chi connectivity index (χ1n) is 8.03. The Morgan fingerprint density at radius 3 is 2.69 bits per heavy atom. The fraction of sp³-hybridized carbons (Fsp3) is 0.471. The fourth-order valence-electron chi connectivity index (χ4n) is 3.03. The Morgan fingerprint density at radius 2 is 2.15 bits per heavy atom. The first-order valence-corrected chi connectivity index (χ1v) is 8.91. The number of halogens is 3. The third kappa shape index (κ3) is 3.26. The van der Waals surface area contributed by atoms with Crippen LogP contribution in [0, 0.1) is 11.3 Å². The molecule has 26 heavy (non-hydrogen) atoms. The van der Waals surface area contributed by atoms with Gasteiger partial charge in [-0.2, -0.15) is 18.4 Å². The van der Waals surface area contributed by atoms with Crippen LogP contribution in [0.3, 0.4) is 0 Å². The van der Waals surface area contributed by atoms with Gasteiger partial charge < -0.3 is 10.2 Å². The molecular formula is C17H16F3N3O2S. The predicted octanol–water partition coefficient (Wildman–Crippen LogP) is 3.41. The Morgan fingerprint density at radius 1 is 1.46 bits per heavy atom. The average molecular weight is 383 g/mol. The van der Waals surface area contributed by atoms with Crippen molar-refractivity contribution >= 4 is 29.3 Å². The van der Waals surface area contributed by atoms with Crippen LogP contribution in [-0.2, 0) is 15.8 Å². The number of nitrogens with zero attached hydrogens (tertiary/aromatic N) is 2. The lowest BCUT2D eigenvalue weighted by Crippen LogP contribution is -2.54. The molecule has 0 bridgehead atoms. The van der Waals surface area contributed by atoms with E-state index in [-0.39, 0.29) is 18.0 Å². The minimum atomic E-state index is -4.49. The van der Waals surface area contributed by atoms with E-state index in [1.807, 2.05) is 0 Å². The second-order valence-electron chi connectivity index (χ2n) is 6.46. The number of anilines is 1. The number of hydrogen-bond acceptors (Lipinski definition) is 4. The van der Waals surface area contributed by atoms with Crippen molar-refractivity contribution in [3.8, 4) is 6.07 Å². The van der Waals surface area contributed by atoms with Crippen LogP contribution in [0.1, 0.15) is 31.2 Å². The average Bonchev–Trinajstić information content (AvgIpc) is 2.53. The minimum Gasteiger partial charge on any atom is -0.327 e. The third-order valence-corrected chi connectivity index (χ3v) is 6.17. The number of nitrogens with one attached hydrogen (secondary N) is 1. The largest absolute Gasteiger partial charge is 0.416 e. The molecule has 138 valence electrons. The van der Waals surface area contributed by atoms with Crippen molar-refractivity contribution in [2.75, 3.05) is 12.4 Å². The van der Waals surface area contributed by atoms with Crippen molar-refractivity contribution < 1.29 is 22.8 Å². The molecule has 0 saturated heterocycles. The van der Waals surface area contributed by atoms with Gasteiger partial charge in [0.1, 0.15) is 5.54 Å². The summed E-state index contributed by atoms with van der Waals surface area (Å²) in [6, 6.07) is 5.31. The number of carbonyl (C=O) groups is 2. The molecule has 0 unspecified atom stereocenters. The summed E-state index contributed by atoms with van der Waals surface area (Å²) in [6.07, 6.45) is -2.51. The molecule has 1 atom stereocenters. The summed E-state index contributed by atoms with van der Waals surface area (Å²) in [7, 11) is 1.56. The third-order valence-electron chi connectivity index (χ3n) is 4.89. The molecule has 1 N–H and O–H groups in total. The summed E-state index contributed by atoms with van der Waals surface area (Å²) < 4.78 is 38.3. The zero-order valence-corrected chi connectivity index (χ0v) is 14.7. The number of rotatable bonds is 3. The van der Waals surface area contributed by atoms with Gasteiger partial charge in [-0.3, -0.25) is 9.59 Å². The van der Waals surface area contributed by atoms with Crippen LogP contribution >= 0.6 is 11.8 Å². The molecule has 1 heterocycles. The molecule has 0 spiro atoms. The highest BCUT2D eigenvalue weighted by Gasteiger charge is 2.44. The number of fused-ring (bicyclic) bond motifs is 1. The molecular weight excluding hydrogens is 367 g/mol. The van der Waals surface area contributed by atoms with Crippen LogP contribution in [0.25, 0.3) is 0 Å². The Labute approximate surface area is 152 Å². The topological polar surface area (TPSA) is 73.2 Å². The number of alkyl halides is 3. The fourth-order valence-corrected chi connectivity index (χ4v) is 4.11. The van der Waals surface area contributed by atoms with Crippen LogP contribution in [0.2, 0.25) is 0 Å². The van der Waals surface area contributed by atoms with Crippen LogP contribution in [-0.4, -0.2) is 34.6 Å². The van der Waals surface area contributed by atoms with Gasteiger partial charge in [-0.25, -0.2) is 0 Å². The molecule has 1 aromatic rings. The first-order chi connectivity index (χ1) is 12.2. The van der Waals surface area contributed by atoms with Crippen LogP contribution < -0.4 is 5.32 Å². The molecule has 2 amide bonds. The maximum Gasteiger partial charge on any atom is 0.416 e. The summed E-state index contributed by atoms with van der Waals surface area (Å²) >= 11 is 1.06. The number of benzene rings is 1. The van der Waals surface area contributed by atoms with Crippen molar-refractivity contribution in [1.29, 1.82) is 5.26 Å². The van der Waals surface area contributed by atoms with Crippen molar-refractivity contribution in [3.05, 3.63) is 23.8 Å². The van der Waals surface area contributed by atoms with E-state index >= 15 is 0 Å². The maximum atomic E-state index is 12.8. The second kappa shape index (κ2) is 6.50. The predicted molar refractivity (Wildman–Crippen MR) is 89.3 cm³/mol. The Balaban J connectivity index is 1.73. The summed E-state index contributed by atoms with van der Waals surface area (Å²) in [5.74, 6) is -0.836. The van der Waals surface area contributed by atoms with E-state index in [9.17, 15) is 28.0 Å². The van der Waals surface area contributed by atoms with E-state index in [0.717, 1.165) is 30.3 Å².